The van der Waals surface area contributed by atoms with Gasteiger partial charge in [0, 0.05) is 23.6 Å². The molecular formula is C28H30F3NO13. The molecule has 0 unspecified atom stereocenters. The van der Waals surface area contributed by atoms with Crippen molar-refractivity contribution >= 4 is 30.2 Å². The monoisotopic (exact) mass is 645 g/mol. The SMILES string of the molecule is CN1CC[C@]23c4c5ccc(CO)c4O[C@H]2C(OC(=O)C[C@H](OC(=O)C[C@H](O)C(=O)O)C(=O)O)=CC[C@@]3(O)[C@H]1C5.O=CC(F)(F)F. The summed E-state index contributed by atoms with van der Waals surface area (Å²) in [7, 11) is 1.94. The van der Waals surface area contributed by atoms with Crippen molar-refractivity contribution in [1.29, 1.82) is 0 Å². The first-order chi connectivity index (χ1) is 21.0. The Morgan fingerprint density at radius 3 is 2.40 bits per heavy atom. The predicted octanol–water partition coefficient (Wildman–Crippen LogP) is -0.0305. The highest BCUT2D eigenvalue weighted by Crippen LogP contribution is 2.64. The van der Waals surface area contributed by atoms with E-state index in [1.54, 1.807) is 12.1 Å². The Kier molecular flexibility index (Phi) is 9.31. The molecular weight excluding hydrogens is 615 g/mol. The van der Waals surface area contributed by atoms with Crippen molar-refractivity contribution in [2.75, 3.05) is 13.6 Å². The summed E-state index contributed by atoms with van der Waals surface area (Å²) in [5.74, 6) is -5.19. The number of likely N-dealkylation sites (tertiary alicyclic amines) is 1. The fraction of sp³-hybridized carbons (Fsp3) is 0.536. The number of likely N-dealkylation sites (N-methyl/N-ethyl adjacent to an activating group) is 1. The van der Waals surface area contributed by atoms with Gasteiger partial charge in [0.2, 0.25) is 12.4 Å². The summed E-state index contributed by atoms with van der Waals surface area (Å²) in [4.78, 5) is 57.9. The van der Waals surface area contributed by atoms with Gasteiger partial charge >= 0.3 is 30.1 Å². The van der Waals surface area contributed by atoms with Gasteiger partial charge in [-0.2, -0.15) is 13.2 Å². The summed E-state index contributed by atoms with van der Waals surface area (Å²) >= 11 is 0. The van der Waals surface area contributed by atoms with Crippen molar-refractivity contribution < 1.29 is 76.9 Å². The summed E-state index contributed by atoms with van der Waals surface area (Å²) < 4.78 is 47.9. The molecule has 1 saturated heterocycles. The summed E-state index contributed by atoms with van der Waals surface area (Å²) in [6.07, 6.45) is -9.85. The van der Waals surface area contributed by atoms with E-state index in [0.717, 1.165) is 11.1 Å². The number of carboxylic acids is 2. The van der Waals surface area contributed by atoms with Crippen LogP contribution in [0.2, 0.25) is 0 Å². The molecule has 17 heteroatoms. The number of alkyl halides is 3. The molecule has 45 heavy (non-hydrogen) atoms. The van der Waals surface area contributed by atoms with Gasteiger partial charge < -0.3 is 44.6 Å². The molecule has 14 nitrogen and oxygen atoms in total. The van der Waals surface area contributed by atoms with Crippen LogP contribution in [0, 0.1) is 0 Å². The van der Waals surface area contributed by atoms with Crippen molar-refractivity contribution in [2.24, 2.45) is 0 Å². The number of aliphatic carboxylic acids is 2. The number of aliphatic hydroxyl groups excluding tert-OH is 2. The second-order valence-corrected chi connectivity index (χ2v) is 11.1. The average molecular weight is 646 g/mol. The van der Waals surface area contributed by atoms with E-state index in [-0.39, 0.29) is 24.8 Å². The summed E-state index contributed by atoms with van der Waals surface area (Å²) in [6, 6.07) is 3.45. The van der Waals surface area contributed by atoms with Crippen LogP contribution in [0.25, 0.3) is 0 Å². The number of aliphatic hydroxyl groups is 3. The summed E-state index contributed by atoms with van der Waals surface area (Å²) in [5, 5.41) is 49.6. The molecule has 0 saturated carbocycles. The van der Waals surface area contributed by atoms with Crippen molar-refractivity contribution in [2.45, 2.75) is 80.3 Å². The lowest BCUT2D eigenvalue weighted by Gasteiger charge is -2.61. The lowest BCUT2D eigenvalue weighted by molar-refractivity contribution is -0.174. The Bertz CT molecular complexity index is 1430. The van der Waals surface area contributed by atoms with Crippen LogP contribution < -0.4 is 4.74 Å². The second-order valence-electron chi connectivity index (χ2n) is 11.1. The zero-order valence-corrected chi connectivity index (χ0v) is 23.7. The summed E-state index contributed by atoms with van der Waals surface area (Å²) in [5.41, 5.74) is 0.0803. The molecule has 1 fully saturated rings. The zero-order chi connectivity index (χ0) is 33.5. The Morgan fingerprint density at radius 2 is 1.82 bits per heavy atom. The molecule has 1 aromatic carbocycles. The first kappa shape index (κ1) is 33.8. The van der Waals surface area contributed by atoms with Crippen LogP contribution in [0.4, 0.5) is 13.2 Å². The van der Waals surface area contributed by atoms with Crippen LogP contribution >= 0.6 is 0 Å². The number of ether oxygens (including phenoxy) is 3. The zero-order valence-electron chi connectivity index (χ0n) is 23.7. The largest absolute Gasteiger partial charge is 0.481 e. The molecule has 5 N–H and O–H groups in total. The number of hydrogen-bond donors (Lipinski definition) is 5. The minimum atomic E-state index is -4.64. The lowest BCUT2D eigenvalue weighted by Crippen LogP contribution is -2.74. The van der Waals surface area contributed by atoms with Crippen molar-refractivity contribution in [3.05, 3.63) is 40.7 Å². The van der Waals surface area contributed by atoms with E-state index >= 15 is 0 Å². The van der Waals surface area contributed by atoms with Gasteiger partial charge in [0.05, 0.1) is 30.5 Å². The molecule has 2 bridgehead atoms. The van der Waals surface area contributed by atoms with Gasteiger partial charge in [-0.25, -0.2) is 9.59 Å². The van der Waals surface area contributed by atoms with E-state index in [0.29, 0.717) is 30.7 Å². The second kappa shape index (κ2) is 12.4. The topological polar surface area (TPSA) is 217 Å². The van der Waals surface area contributed by atoms with E-state index in [4.69, 9.17) is 24.1 Å². The number of carboxylic acid groups (broad SMARTS) is 2. The molecule has 0 amide bonds. The number of esters is 2. The summed E-state index contributed by atoms with van der Waals surface area (Å²) in [6.45, 7) is 0.337. The molecule has 2 aliphatic heterocycles. The van der Waals surface area contributed by atoms with E-state index in [9.17, 15) is 52.8 Å². The molecule has 4 aliphatic rings. The van der Waals surface area contributed by atoms with Gasteiger partial charge in [0.1, 0.15) is 11.5 Å². The molecule has 1 aromatic rings. The highest BCUT2D eigenvalue weighted by Gasteiger charge is 2.71. The van der Waals surface area contributed by atoms with Gasteiger partial charge in [-0.15, -0.1) is 0 Å². The van der Waals surface area contributed by atoms with E-state index in [1.807, 2.05) is 13.1 Å². The van der Waals surface area contributed by atoms with Crippen molar-refractivity contribution in [3.63, 3.8) is 0 Å². The number of aldehydes is 1. The van der Waals surface area contributed by atoms with Gasteiger partial charge in [0.15, 0.2) is 12.2 Å². The van der Waals surface area contributed by atoms with Crippen molar-refractivity contribution in [1.82, 2.24) is 4.90 Å². The predicted molar refractivity (Wildman–Crippen MR) is 139 cm³/mol. The molecule has 2 heterocycles. The van der Waals surface area contributed by atoms with Crippen LogP contribution in [-0.4, -0.2) is 110 Å². The minimum absolute atomic E-state index is 0.0812. The van der Waals surface area contributed by atoms with Gasteiger partial charge in [0.25, 0.3) is 0 Å². The Hall–Kier alpha value is -4.06. The maximum Gasteiger partial charge on any atom is 0.446 e. The van der Waals surface area contributed by atoms with E-state index in [1.165, 1.54) is 0 Å². The Balaban J connectivity index is 0.000000700. The molecule has 246 valence electrons. The molecule has 6 atom stereocenters. The fourth-order valence-corrected chi connectivity index (χ4v) is 6.59. The number of benzene rings is 1. The third kappa shape index (κ3) is 6.12. The van der Waals surface area contributed by atoms with Gasteiger partial charge in [-0.3, -0.25) is 14.4 Å². The van der Waals surface area contributed by atoms with Gasteiger partial charge in [-0.1, -0.05) is 12.1 Å². The Labute approximate surface area is 252 Å². The third-order valence-electron chi connectivity index (χ3n) is 8.54. The van der Waals surface area contributed by atoms with Crippen LogP contribution in [0.15, 0.2) is 24.0 Å². The van der Waals surface area contributed by atoms with Gasteiger partial charge in [-0.05, 0) is 38.1 Å². The maximum atomic E-state index is 12.9. The normalized spacial score (nSPS) is 27.3. The minimum Gasteiger partial charge on any atom is -0.481 e. The number of hydrogen-bond acceptors (Lipinski definition) is 12. The third-order valence-corrected chi connectivity index (χ3v) is 8.54. The number of nitrogens with zero attached hydrogens (tertiary/aromatic N) is 1. The highest BCUT2D eigenvalue weighted by atomic mass is 19.4. The van der Waals surface area contributed by atoms with Crippen LogP contribution in [-0.2, 0) is 51.9 Å². The Morgan fingerprint density at radius 1 is 1.16 bits per heavy atom. The molecule has 0 radical (unpaired) electrons. The maximum absolute atomic E-state index is 12.9. The number of carbonyl (C=O) groups excluding carboxylic acids is 3. The number of carbonyl (C=O) groups is 5. The number of piperidine rings is 1. The van der Waals surface area contributed by atoms with E-state index in [2.05, 4.69) is 4.90 Å². The smallest absolute Gasteiger partial charge is 0.446 e. The highest BCUT2D eigenvalue weighted by molar-refractivity contribution is 5.85. The molecule has 1 spiro atoms. The lowest BCUT2D eigenvalue weighted by atomic mass is 9.50. The first-order valence-electron chi connectivity index (χ1n) is 13.6. The van der Waals surface area contributed by atoms with E-state index < -0.39 is 78.5 Å². The van der Waals surface area contributed by atoms with Crippen molar-refractivity contribution in [3.8, 4) is 5.75 Å². The van der Waals surface area contributed by atoms with Crippen LogP contribution in [0.1, 0.15) is 42.4 Å². The molecule has 0 aromatic heterocycles. The first-order valence-corrected chi connectivity index (χ1v) is 13.6. The quantitative estimate of drug-likeness (QED) is 0.176. The average Bonchev–Trinajstić information content (AvgIpc) is 3.32. The standard InChI is InChI=1S/C26H29NO12.C2HF3O/c1-27-7-6-25-20-12-2-3-13(11-28)21(20)39-22(25)15(4-5-26(25,36)17(27)8-12)37-19(31)10-16(24(34)35)38-18(30)9-14(29)23(32)33;3-2(4,5)1-6/h2-4,14,16-17,22,28-29,36H,5-11H2,1H3,(H,32,33)(H,34,35);1H/t14-,16-,17+,22-,25-,26+;/m0./s1. The molecule has 5 rings (SSSR count). The van der Waals surface area contributed by atoms with Crippen LogP contribution in [0.3, 0.4) is 0 Å². The van der Waals surface area contributed by atoms with Crippen LogP contribution in [0.5, 0.6) is 5.75 Å². The molecule has 2 aliphatic carbocycles. The fourth-order valence-electron chi connectivity index (χ4n) is 6.59. The number of rotatable bonds is 9. The number of halogens is 3.